The van der Waals surface area contributed by atoms with Gasteiger partial charge in [0, 0.05) is 12.7 Å². The molecular formula is C14H17N3O. The van der Waals surface area contributed by atoms with Gasteiger partial charge in [-0.15, -0.1) is 6.58 Å². The Hall–Kier alpha value is -2.10. The molecule has 2 aromatic rings. The quantitative estimate of drug-likeness (QED) is 0.832. The molecule has 1 N–H and O–H groups in total. The number of hydrogen-bond donors (Lipinski definition) is 1. The Morgan fingerprint density at radius 3 is 3.06 bits per heavy atom. The molecule has 0 aliphatic heterocycles. The van der Waals surface area contributed by atoms with Crippen LogP contribution in [0.1, 0.15) is 17.0 Å². The monoisotopic (exact) mass is 243 g/mol. The third-order valence-electron chi connectivity index (χ3n) is 2.92. The second-order valence-corrected chi connectivity index (χ2v) is 4.30. The van der Waals surface area contributed by atoms with E-state index in [0.717, 1.165) is 22.6 Å². The van der Waals surface area contributed by atoms with E-state index in [9.17, 15) is 4.79 Å². The maximum atomic E-state index is 11.8. The summed E-state index contributed by atoms with van der Waals surface area (Å²) >= 11 is 0. The number of nitrogens with one attached hydrogen (secondary N) is 1. The van der Waals surface area contributed by atoms with Crippen LogP contribution in [0.15, 0.2) is 31.0 Å². The number of fused-ring (bicyclic) bond motifs is 1. The zero-order valence-electron chi connectivity index (χ0n) is 10.7. The van der Waals surface area contributed by atoms with Gasteiger partial charge in [0.1, 0.15) is 5.65 Å². The van der Waals surface area contributed by atoms with Crippen molar-refractivity contribution in [2.75, 3.05) is 6.54 Å². The summed E-state index contributed by atoms with van der Waals surface area (Å²) < 4.78 is 1.98. The number of carbonyl (C=O) groups is 1. The average molecular weight is 243 g/mol. The van der Waals surface area contributed by atoms with Crippen LogP contribution in [0.5, 0.6) is 0 Å². The summed E-state index contributed by atoms with van der Waals surface area (Å²) in [6, 6.07) is 3.98. The Bertz CT molecular complexity index is 598. The van der Waals surface area contributed by atoms with Crippen LogP contribution in [-0.4, -0.2) is 21.8 Å². The number of aromatic nitrogens is 2. The highest BCUT2D eigenvalue weighted by Gasteiger charge is 2.13. The Morgan fingerprint density at radius 1 is 1.56 bits per heavy atom. The van der Waals surface area contributed by atoms with Crippen molar-refractivity contribution >= 4 is 11.6 Å². The van der Waals surface area contributed by atoms with Crippen molar-refractivity contribution in [1.82, 2.24) is 14.7 Å². The topological polar surface area (TPSA) is 46.4 Å². The fourth-order valence-corrected chi connectivity index (χ4v) is 1.98. The highest BCUT2D eigenvalue weighted by Crippen LogP contribution is 2.15. The van der Waals surface area contributed by atoms with E-state index in [4.69, 9.17) is 0 Å². The van der Waals surface area contributed by atoms with E-state index >= 15 is 0 Å². The van der Waals surface area contributed by atoms with Gasteiger partial charge in [-0.25, -0.2) is 4.98 Å². The molecule has 0 unspecified atom stereocenters. The third-order valence-corrected chi connectivity index (χ3v) is 2.92. The molecule has 4 nitrogen and oxygen atoms in total. The van der Waals surface area contributed by atoms with Crippen LogP contribution in [0.3, 0.4) is 0 Å². The Morgan fingerprint density at radius 2 is 2.33 bits per heavy atom. The fraction of sp³-hybridized carbons (Fsp3) is 0.286. The molecule has 0 saturated carbocycles. The Labute approximate surface area is 106 Å². The van der Waals surface area contributed by atoms with E-state index in [1.54, 1.807) is 6.08 Å². The smallest absolute Gasteiger partial charge is 0.226 e. The Kier molecular flexibility index (Phi) is 3.46. The molecule has 0 aliphatic carbocycles. The number of pyridine rings is 1. The van der Waals surface area contributed by atoms with Crippen molar-refractivity contribution in [3.05, 3.63) is 47.9 Å². The minimum Gasteiger partial charge on any atom is -0.352 e. The largest absolute Gasteiger partial charge is 0.352 e. The van der Waals surface area contributed by atoms with Gasteiger partial charge in [-0.1, -0.05) is 12.1 Å². The molecule has 2 heterocycles. The van der Waals surface area contributed by atoms with Crippen molar-refractivity contribution in [3.63, 3.8) is 0 Å². The zero-order valence-corrected chi connectivity index (χ0v) is 10.7. The molecule has 94 valence electrons. The highest BCUT2D eigenvalue weighted by atomic mass is 16.1. The number of nitrogens with zero attached hydrogens (tertiary/aromatic N) is 2. The second kappa shape index (κ2) is 5.04. The lowest BCUT2D eigenvalue weighted by atomic mass is 10.2. The summed E-state index contributed by atoms with van der Waals surface area (Å²) in [4.78, 5) is 16.3. The number of imidazole rings is 1. The molecule has 1 amide bonds. The molecule has 0 aliphatic rings. The minimum atomic E-state index is -0.0127. The van der Waals surface area contributed by atoms with Gasteiger partial charge in [0.15, 0.2) is 0 Å². The molecule has 0 saturated heterocycles. The first-order chi connectivity index (χ1) is 8.63. The van der Waals surface area contributed by atoms with Crippen LogP contribution in [0.4, 0.5) is 0 Å². The first-order valence-electron chi connectivity index (χ1n) is 5.94. The van der Waals surface area contributed by atoms with Gasteiger partial charge in [-0.05, 0) is 25.5 Å². The van der Waals surface area contributed by atoms with Gasteiger partial charge >= 0.3 is 0 Å². The number of aryl methyl sites for hydroxylation is 2. The van der Waals surface area contributed by atoms with Crippen molar-refractivity contribution in [3.8, 4) is 0 Å². The van der Waals surface area contributed by atoms with Crippen molar-refractivity contribution < 1.29 is 4.79 Å². The molecule has 0 bridgehead atoms. The van der Waals surface area contributed by atoms with Crippen LogP contribution in [0, 0.1) is 13.8 Å². The maximum absolute atomic E-state index is 11.8. The van der Waals surface area contributed by atoms with E-state index in [0.29, 0.717) is 13.0 Å². The van der Waals surface area contributed by atoms with Gasteiger partial charge < -0.3 is 9.72 Å². The highest BCUT2D eigenvalue weighted by molar-refractivity contribution is 5.79. The summed E-state index contributed by atoms with van der Waals surface area (Å²) in [5.41, 5.74) is 3.87. The molecule has 0 fully saturated rings. The summed E-state index contributed by atoms with van der Waals surface area (Å²) in [7, 11) is 0. The molecule has 0 atom stereocenters. The summed E-state index contributed by atoms with van der Waals surface area (Å²) in [5, 5.41) is 2.78. The van der Waals surface area contributed by atoms with Gasteiger partial charge in [0.05, 0.1) is 17.8 Å². The van der Waals surface area contributed by atoms with Gasteiger partial charge in [0.25, 0.3) is 0 Å². The van der Waals surface area contributed by atoms with Crippen LogP contribution < -0.4 is 5.32 Å². The number of hydrogen-bond acceptors (Lipinski definition) is 2. The van der Waals surface area contributed by atoms with E-state index in [1.807, 2.05) is 36.6 Å². The van der Waals surface area contributed by atoms with Crippen LogP contribution in [0.2, 0.25) is 0 Å². The number of carbonyl (C=O) groups excluding carboxylic acids is 1. The first-order valence-corrected chi connectivity index (χ1v) is 5.94. The number of amides is 1. The molecule has 0 radical (unpaired) electrons. The first kappa shape index (κ1) is 12.4. The van der Waals surface area contributed by atoms with E-state index < -0.39 is 0 Å². The molecule has 0 aromatic carbocycles. The van der Waals surface area contributed by atoms with Gasteiger partial charge in [-0.3, -0.25) is 4.79 Å². The molecule has 4 heteroatoms. The normalized spacial score (nSPS) is 10.6. The fourth-order valence-electron chi connectivity index (χ4n) is 1.98. The Balaban J connectivity index is 2.33. The molecule has 18 heavy (non-hydrogen) atoms. The maximum Gasteiger partial charge on any atom is 0.226 e. The van der Waals surface area contributed by atoms with E-state index in [2.05, 4.69) is 16.9 Å². The van der Waals surface area contributed by atoms with Crippen LogP contribution >= 0.6 is 0 Å². The number of rotatable bonds is 4. The lowest BCUT2D eigenvalue weighted by Crippen LogP contribution is -2.25. The third kappa shape index (κ3) is 2.27. The van der Waals surface area contributed by atoms with E-state index in [1.165, 1.54) is 0 Å². The predicted octanol–water partition coefficient (Wildman–Crippen LogP) is 1.80. The summed E-state index contributed by atoms with van der Waals surface area (Å²) in [6.07, 6.45) is 3.95. The molecule has 2 aromatic heterocycles. The predicted molar refractivity (Wildman–Crippen MR) is 71.6 cm³/mol. The van der Waals surface area contributed by atoms with Gasteiger partial charge in [-0.2, -0.15) is 0 Å². The summed E-state index contributed by atoms with van der Waals surface area (Å²) in [5.74, 6) is -0.0127. The SMILES string of the molecule is C=CCNC(=O)Cc1c(C)nc2c(C)cccn12. The van der Waals surface area contributed by atoms with Gasteiger partial charge in [0.2, 0.25) is 5.91 Å². The van der Waals surface area contributed by atoms with E-state index in [-0.39, 0.29) is 5.91 Å². The molecule has 2 rings (SSSR count). The van der Waals surface area contributed by atoms with Crippen molar-refractivity contribution in [2.45, 2.75) is 20.3 Å². The zero-order chi connectivity index (χ0) is 13.1. The second-order valence-electron chi connectivity index (χ2n) is 4.30. The molecular weight excluding hydrogens is 226 g/mol. The average Bonchev–Trinajstić information content (AvgIpc) is 2.66. The van der Waals surface area contributed by atoms with Crippen molar-refractivity contribution in [2.24, 2.45) is 0 Å². The summed E-state index contributed by atoms with van der Waals surface area (Å²) in [6.45, 7) is 8.02. The lowest BCUT2D eigenvalue weighted by molar-refractivity contribution is -0.120. The lowest BCUT2D eigenvalue weighted by Gasteiger charge is -2.04. The van der Waals surface area contributed by atoms with Crippen LogP contribution in [0.25, 0.3) is 5.65 Å². The van der Waals surface area contributed by atoms with Crippen molar-refractivity contribution in [1.29, 1.82) is 0 Å². The molecule has 0 spiro atoms. The van der Waals surface area contributed by atoms with Crippen LogP contribution in [-0.2, 0) is 11.2 Å². The standard InChI is InChI=1S/C14H17N3O/c1-4-7-15-13(18)9-12-11(3)16-14-10(2)6-5-8-17(12)14/h4-6,8H,1,7,9H2,2-3H3,(H,15,18). The minimum absolute atomic E-state index is 0.0127.